The molecular weight excluding hydrogens is 332 g/mol. The molecule has 0 aromatic carbocycles. The van der Waals surface area contributed by atoms with Crippen LogP contribution in [0.2, 0.25) is 0 Å². The van der Waals surface area contributed by atoms with Gasteiger partial charge in [-0.25, -0.2) is 0 Å². The SMILES string of the molecule is CC(=O)c1[nH]c(C)c(C(=O)N(C)Cc2cc(-c3ccccn3)no2)c1C. The van der Waals surface area contributed by atoms with Gasteiger partial charge in [0.15, 0.2) is 11.5 Å². The molecule has 0 aliphatic heterocycles. The highest BCUT2D eigenvalue weighted by Crippen LogP contribution is 2.22. The summed E-state index contributed by atoms with van der Waals surface area (Å²) >= 11 is 0. The average molecular weight is 352 g/mol. The number of H-pyrrole nitrogens is 1. The summed E-state index contributed by atoms with van der Waals surface area (Å²) in [6.07, 6.45) is 1.68. The minimum atomic E-state index is -0.181. The van der Waals surface area contributed by atoms with Crippen LogP contribution in [0.25, 0.3) is 11.4 Å². The van der Waals surface area contributed by atoms with Crippen LogP contribution < -0.4 is 0 Å². The highest BCUT2D eigenvalue weighted by molar-refractivity contribution is 6.02. The number of ketones is 1. The monoisotopic (exact) mass is 352 g/mol. The lowest BCUT2D eigenvalue weighted by Crippen LogP contribution is -2.27. The molecule has 134 valence electrons. The maximum Gasteiger partial charge on any atom is 0.256 e. The van der Waals surface area contributed by atoms with E-state index in [1.54, 1.807) is 33.2 Å². The van der Waals surface area contributed by atoms with Gasteiger partial charge in [-0.2, -0.15) is 0 Å². The fourth-order valence-electron chi connectivity index (χ4n) is 2.94. The van der Waals surface area contributed by atoms with Crippen molar-refractivity contribution < 1.29 is 14.1 Å². The molecule has 0 aliphatic carbocycles. The summed E-state index contributed by atoms with van der Waals surface area (Å²) in [5.74, 6) is 0.279. The molecule has 0 atom stereocenters. The number of Topliss-reactive ketones (excluding diaryl/α,β-unsaturated/α-hetero) is 1. The Morgan fingerprint density at radius 1 is 1.23 bits per heavy atom. The minimum absolute atomic E-state index is 0.0949. The van der Waals surface area contributed by atoms with Crippen LogP contribution in [-0.4, -0.2) is 38.8 Å². The van der Waals surface area contributed by atoms with E-state index in [2.05, 4.69) is 15.1 Å². The van der Waals surface area contributed by atoms with E-state index in [1.165, 1.54) is 11.8 Å². The molecule has 1 amide bonds. The van der Waals surface area contributed by atoms with Crippen LogP contribution in [0.4, 0.5) is 0 Å². The standard InChI is InChI=1S/C19H20N4O3/c1-11-17(12(2)21-18(11)13(3)24)19(25)23(4)10-14-9-16(22-26-14)15-7-5-6-8-20-15/h5-9,21H,10H2,1-4H3. The van der Waals surface area contributed by atoms with Crippen molar-refractivity contribution in [2.75, 3.05) is 7.05 Å². The van der Waals surface area contributed by atoms with Gasteiger partial charge in [0.25, 0.3) is 5.91 Å². The summed E-state index contributed by atoms with van der Waals surface area (Å²) in [6, 6.07) is 7.31. The lowest BCUT2D eigenvalue weighted by molar-refractivity contribution is 0.0771. The Kier molecular flexibility index (Phi) is 4.71. The van der Waals surface area contributed by atoms with Crippen molar-refractivity contribution in [1.82, 2.24) is 20.0 Å². The Bertz CT molecular complexity index is 957. The number of carbonyl (C=O) groups excluding carboxylic acids is 2. The van der Waals surface area contributed by atoms with E-state index in [4.69, 9.17) is 4.52 Å². The average Bonchev–Trinajstić information content (AvgIpc) is 3.19. The summed E-state index contributed by atoms with van der Waals surface area (Å²) in [5, 5.41) is 4.01. The molecule has 0 spiro atoms. The van der Waals surface area contributed by atoms with Gasteiger partial charge in [-0.15, -0.1) is 0 Å². The zero-order chi connectivity index (χ0) is 18.8. The van der Waals surface area contributed by atoms with Gasteiger partial charge >= 0.3 is 0 Å². The highest BCUT2D eigenvalue weighted by Gasteiger charge is 2.23. The van der Waals surface area contributed by atoms with Gasteiger partial charge in [-0.3, -0.25) is 14.6 Å². The third-order valence-electron chi connectivity index (χ3n) is 4.23. The van der Waals surface area contributed by atoms with Gasteiger partial charge in [-0.1, -0.05) is 11.2 Å². The summed E-state index contributed by atoms with van der Waals surface area (Å²) in [6.45, 7) is 5.30. The van der Waals surface area contributed by atoms with Crippen molar-refractivity contribution >= 4 is 11.7 Å². The molecule has 3 heterocycles. The first kappa shape index (κ1) is 17.6. The van der Waals surface area contributed by atoms with E-state index >= 15 is 0 Å². The lowest BCUT2D eigenvalue weighted by Gasteiger charge is -2.16. The molecule has 3 rings (SSSR count). The van der Waals surface area contributed by atoms with Crippen LogP contribution in [0.5, 0.6) is 0 Å². The third kappa shape index (κ3) is 3.28. The number of rotatable bonds is 5. The Morgan fingerprint density at radius 3 is 2.62 bits per heavy atom. The van der Waals surface area contributed by atoms with E-state index in [9.17, 15) is 9.59 Å². The van der Waals surface area contributed by atoms with Gasteiger partial charge < -0.3 is 14.4 Å². The van der Waals surface area contributed by atoms with E-state index in [0.29, 0.717) is 39.7 Å². The van der Waals surface area contributed by atoms with E-state index in [0.717, 1.165) is 0 Å². The number of aromatic nitrogens is 3. The normalized spacial score (nSPS) is 10.8. The molecule has 0 saturated carbocycles. The molecule has 3 aromatic rings. The second kappa shape index (κ2) is 6.95. The molecule has 0 unspecified atom stereocenters. The molecule has 7 heteroatoms. The summed E-state index contributed by atoms with van der Waals surface area (Å²) in [5.41, 5.74) is 3.66. The number of aryl methyl sites for hydroxylation is 1. The van der Waals surface area contributed by atoms with Crippen LogP contribution >= 0.6 is 0 Å². The largest absolute Gasteiger partial charge is 0.359 e. The topological polar surface area (TPSA) is 92.1 Å². The first-order valence-electron chi connectivity index (χ1n) is 8.21. The molecular formula is C19H20N4O3. The van der Waals surface area contributed by atoms with Gasteiger partial charge in [-0.05, 0) is 31.5 Å². The zero-order valence-electron chi connectivity index (χ0n) is 15.2. The summed E-state index contributed by atoms with van der Waals surface area (Å²) < 4.78 is 5.33. The van der Waals surface area contributed by atoms with Crippen molar-refractivity contribution in [3.8, 4) is 11.4 Å². The Morgan fingerprint density at radius 2 is 2.00 bits per heavy atom. The van der Waals surface area contributed by atoms with Crippen LogP contribution in [-0.2, 0) is 6.54 Å². The molecule has 0 bridgehead atoms. The quantitative estimate of drug-likeness (QED) is 0.712. The van der Waals surface area contributed by atoms with Crippen molar-refractivity contribution in [2.24, 2.45) is 0 Å². The van der Waals surface area contributed by atoms with Gasteiger partial charge in [0, 0.05) is 31.9 Å². The first-order chi connectivity index (χ1) is 12.4. The molecule has 1 N–H and O–H groups in total. The molecule has 0 fully saturated rings. The van der Waals surface area contributed by atoms with E-state index in [1.807, 2.05) is 18.2 Å². The van der Waals surface area contributed by atoms with Crippen LogP contribution in [0.3, 0.4) is 0 Å². The van der Waals surface area contributed by atoms with E-state index < -0.39 is 0 Å². The number of pyridine rings is 1. The number of amides is 1. The molecule has 0 saturated heterocycles. The number of hydrogen-bond donors (Lipinski definition) is 1. The lowest BCUT2D eigenvalue weighted by atomic mass is 10.1. The van der Waals surface area contributed by atoms with Crippen LogP contribution in [0.1, 0.15) is 44.8 Å². The van der Waals surface area contributed by atoms with Gasteiger partial charge in [0.05, 0.1) is 23.5 Å². The fourth-order valence-corrected chi connectivity index (χ4v) is 2.94. The second-order valence-electron chi connectivity index (χ2n) is 6.24. The second-order valence-corrected chi connectivity index (χ2v) is 6.24. The minimum Gasteiger partial charge on any atom is -0.359 e. The third-order valence-corrected chi connectivity index (χ3v) is 4.23. The van der Waals surface area contributed by atoms with Crippen LogP contribution in [0, 0.1) is 13.8 Å². The fraction of sp³-hybridized carbons (Fsp3) is 0.263. The Balaban J connectivity index is 1.79. The number of nitrogens with one attached hydrogen (secondary N) is 1. The van der Waals surface area contributed by atoms with Crippen molar-refractivity contribution in [3.63, 3.8) is 0 Å². The van der Waals surface area contributed by atoms with Crippen molar-refractivity contribution in [2.45, 2.75) is 27.3 Å². The number of aromatic amines is 1. The molecule has 3 aromatic heterocycles. The molecule has 0 radical (unpaired) electrons. The first-order valence-corrected chi connectivity index (χ1v) is 8.21. The smallest absolute Gasteiger partial charge is 0.256 e. The molecule has 26 heavy (non-hydrogen) atoms. The number of carbonyl (C=O) groups is 2. The van der Waals surface area contributed by atoms with Crippen molar-refractivity contribution in [1.29, 1.82) is 0 Å². The van der Waals surface area contributed by atoms with Crippen molar-refractivity contribution in [3.05, 3.63) is 58.7 Å². The number of hydrogen-bond acceptors (Lipinski definition) is 5. The Hall–Kier alpha value is -3.22. The maximum absolute atomic E-state index is 12.8. The zero-order valence-corrected chi connectivity index (χ0v) is 15.2. The highest BCUT2D eigenvalue weighted by atomic mass is 16.5. The molecule has 7 nitrogen and oxygen atoms in total. The van der Waals surface area contributed by atoms with Gasteiger partial charge in [0.1, 0.15) is 5.69 Å². The number of nitrogens with zero attached hydrogens (tertiary/aromatic N) is 3. The summed E-state index contributed by atoms with van der Waals surface area (Å²) in [7, 11) is 1.69. The predicted octanol–water partition coefficient (Wildman–Crippen LogP) is 3.16. The summed E-state index contributed by atoms with van der Waals surface area (Å²) in [4.78, 5) is 33.3. The maximum atomic E-state index is 12.8. The predicted molar refractivity (Wildman–Crippen MR) is 95.8 cm³/mol. The van der Waals surface area contributed by atoms with Crippen LogP contribution in [0.15, 0.2) is 35.0 Å². The van der Waals surface area contributed by atoms with Gasteiger partial charge in [0.2, 0.25) is 0 Å². The Labute approximate surface area is 151 Å². The van der Waals surface area contributed by atoms with E-state index in [-0.39, 0.29) is 18.2 Å². The molecule has 0 aliphatic rings.